The summed E-state index contributed by atoms with van der Waals surface area (Å²) in [4.78, 5) is 2.43. The van der Waals surface area contributed by atoms with Crippen molar-refractivity contribution in [3.8, 4) is 22.3 Å². The SMILES string of the molecule is CC(C)(C)c1cccc2oc3c4ccccc4c(N(c4ccc(-c5ccccc5)cc4)c4ccccc4-c4ccccc4)cc3c12. The maximum Gasteiger partial charge on any atom is 0.143 e. The first-order chi connectivity index (χ1) is 22.5. The predicted molar refractivity (Wildman–Crippen MR) is 195 cm³/mol. The molecular formula is C44H35NO. The summed E-state index contributed by atoms with van der Waals surface area (Å²) >= 11 is 0. The van der Waals surface area contributed by atoms with Crippen molar-refractivity contribution in [1.29, 1.82) is 0 Å². The molecule has 8 rings (SSSR count). The van der Waals surface area contributed by atoms with Gasteiger partial charge < -0.3 is 9.32 Å². The van der Waals surface area contributed by atoms with Gasteiger partial charge in [0.1, 0.15) is 11.2 Å². The van der Waals surface area contributed by atoms with Crippen LogP contribution in [-0.4, -0.2) is 0 Å². The molecule has 0 spiro atoms. The van der Waals surface area contributed by atoms with E-state index in [2.05, 4.69) is 183 Å². The molecule has 0 aliphatic carbocycles. The van der Waals surface area contributed by atoms with Crippen molar-refractivity contribution in [3.05, 3.63) is 163 Å². The zero-order chi connectivity index (χ0) is 31.3. The maximum atomic E-state index is 6.69. The van der Waals surface area contributed by atoms with Crippen LogP contribution in [-0.2, 0) is 5.41 Å². The summed E-state index contributed by atoms with van der Waals surface area (Å²) in [6, 6.07) is 56.4. The zero-order valence-corrected chi connectivity index (χ0v) is 26.4. The Morgan fingerprint density at radius 3 is 1.80 bits per heavy atom. The van der Waals surface area contributed by atoms with Gasteiger partial charge in [-0.1, -0.05) is 148 Å². The number of furan rings is 1. The molecule has 0 fully saturated rings. The van der Waals surface area contributed by atoms with Crippen molar-refractivity contribution < 1.29 is 4.42 Å². The van der Waals surface area contributed by atoms with Crippen LogP contribution in [0.25, 0.3) is 55.0 Å². The van der Waals surface area contributed by atoms with Crippen molar-refractivity contribution in [2.45, 2.75) is 26.2 Å². The summed E-state index contributed by atoms with van der Waals surface area (Å²) in [5.74, 6) is 0. The van der Waals surface area contributed by atoms with Crippen LogP contribution >= 0.6 is 0 Å². The quantitative estimate of drug-likeness (QED) is 0.197. The van der Waals surface area contributed by atoms with Gasteiger partial charge in [-0.15, -0.1) is 0 Å². The van der Waals surface area contributed by atoms with Crippen LogP contribution in [0.4, 0.5) is 17.1 Å². The van der Waals surface area contributed by atoms with Crippen molar-refractivity contribution in [1.82, 2.24) is 0 Å². The lowest BCUT2D eigenvalue weighted by atomic mass is 9.84. The lowest BCUT2D eigenvalue weighted by molar-refractivity contribution is 0.594. The van der Waals surface area contributed by atoms with Gasteiger partial charge in [-0.05, 0) is 58.0 Å². The van der Waals surface area contributed by atoms with Crippen molar-refractivity contribution in [2.75, 3.05) is 4.90 Å². The fourth-order valence-corrected chi connectivity index (χ4v) is 6.81. The average Bonchev–Trinajstić information content (AvgIpc) is 3.48. The second-order valence-corrected chi connectivity index (χ2v) is 13.0. The Labute approximate surface area is 270 Å². The van der Waals surface area contributed by atoms with Gasteiger partial charge in [0.05, 0.1) is 11.4 Å². The molecule has 0 amide bonds. The van der Waals surface area contributed by atoms with Crippen molar-refractivity contribution >= 4 is 49.8 Å². The van der Waals surface area contributed by atoms with E-state index in [0.717, 1.165) is 44.4 Å². The van der Waals surface area contributed by atoms with Gasteiger partial charge in [-0.25, -0.2) is 0 Å². The molecule has 2 heteroatoms. The second kappa shape index (κ2) is 11.1. The van der Waals surface area contributed by atoms with Crippen LogP contribution < -0.4 is 4.90 Å². The third-order valence-electron chi connectivity index (χ3n) is 8.99. The van der Waals surface area contributed by atoms with Gasteiger partial charge >= 0.3 is 0 Å². The summed E-state index contributed by atoms with van der Waals surface area (Å²) in [6.07, 6.45) is 0. The molecule has 222 valence electrons. The number of fused-ring (bicyclic) bond motifs is 5. The van der Waals surface area contributed by atoms with E-state index in [0.29, 0.717) is 0 Å². The van der Waals surface area contributed by atoms with Gasteiger partial charge in [-0.2, -0.15) is 0 Å². The molecule has 0 radical (unpaired) electrons. The molecule has 46 heavy (non-hydrogen) atoms. The number of para-hydroxylation sites is 1. The molecular weight excluding hydrogens is 558 g/mol. The van der Waals surface area contributed by atoms with E-state index in [9.17, 15) is 0 Å². The number of hydrogen-bond acceptors (Lipinski definition) is 2. The molecule has 0 saturated carbocycles. The van der Waals surface area contributed by atoms with E-state index in [4.69, 9.17) is 4.42 Å². The first kappa shape index (κ1) is 27.9. The highest BCUT2D eigenvalue weighted by molar-refractivity contribution is 6.20. The number of nitrogens with zero attached hydrogens (tertiary/aromatic N) is 1. The third-order valence-corrected chi connectivity index (χ3v) is 8.99. The van der Waals surface area contributed by atoms with Crippen LogP contribution in [0.5, 0.6) is 0 Å². The summed E-state index contributed by atoms with van der Waals surface area (Å²) in [5.41, 5.74) is 11.2. The van der Waals surface area contributed by atoms with E-state index in [1.165, 1.54) is 33.2 Å². The van der Waals surface area contributed by atoms with E-state index in [-0.39, 0.29) is 5.41 Å². The minimum atomic E-state index is -0.0466. The average molecular weight is 594 g/mol. The highest BCUT2D eigenvalue weighted by Crippen LogP contribution is 2.48. The first-order valence-electron chi connectivity index (χ1n) is 15.9. The minimum Gasteiger partial charge on any atom is -0.455 e. The zero-order valence-electron chi connectivity index (χ0n) is 26.4. The van der Waals surface area contributed by atoms with E-state index in [1.54, 1.807) is 0 Å². The Hall–Kier alpha value is -5.60. The summed E-state index contributed by atoms with van der Waals surface area (Å²) in [6.45, 7) is 6.83. The van der Waals surface area contributed by atoms with Gasteiger partial charge in [0.2, 0.25) is 0 Å². The number of hydrogen-bond donors (Lipinski definition) is 0. The molecule has 8 aromatic rings. The maximum absolute atomic E-state index is 6.69. The largest absolute Gasteiger partial charge is 0.455 e. The van der Waals surface area contributed by atoms with E-state index in [1.807, 2.05) is 0 Å². The van der Waals surface area contributed by atoms with Gasteiger partial charge in [0.25, 0.3) is 0 Å². The molecule has 7 aromatic carbocycles. The van der Waals surface area contributed by atoms with Gasteiger partial charge in [0.15, 0.2) is 0 Å². The van der Waals surface area contributed by atoms with Crippen molar-refractivity contribution in [3.63, 3.8) is 0 Å². The molecule has 1 aromatic heterocycles. The monoisotopic (exact) mass is 593 g/mol. The van der Waals surface area contributed by atoms with Crippen LogP contribution in [0, 0.1) is 0 Å². The molecule has 2 nitrogen and oxygen atoms in total. The highest BCUT2D eigenvalue weighted by atomic mass is 16.3. The minimum absolute atomic E-state index is 0.0466. The number of anilines is 3. The molecule has 1 heterocycles. The molecule has 0 atom stereocenters. The fourth-order valence-electron chi connectivity index (χ4n) is 6.81. The summed E-state index contributed by atoms with van der Waals surface area (Å²) in [7, 11) is 0. The van der Waals surface area contributed by atoms with Crippen LogP contribution in [0.1, 0.15) is 26.3 Å². The van der Waals surface area contributed by atoms with Gasteiger partial charge in [-0.3, -0.25) is 0 Å². The Morgan fingerprint density at radius 2 is 1.09 bits per heavy atom. The van der Waals surface area contributed by atoms with E-state index >= 15 is 0 Å². The Kier molecular flexibility index (Phi) is 6.73. The van der Waals surface area contributed by atoms with Crippen molar-refractivity contribution in [2.24, 2.45) is 0 Å². The summed E-state index contributed by atoms with van der Waals surface area (Å²) < 4.78 is 6.69. The summed E-state index contributed by atoms with van der Waals surface area (Å²) in [5, 5.41) is 4.57. The van der Waals surface area contributed by atoms with E-state index < -0.39 is 0 Å². The third kappa shape index (κ3) is 4.74. The molecule has 0 N–H and O–H groups in total. The first-order valence-corrected chi connectivity index (χ1v) is 15.9. The second-order valence-electron chi connectivity index (χ2n) is 13.0. The molecule has 0 aliphatic heterocycles. The molecule has 0 bridgehead atoms. The molecule has 0 aliphatic rings. The lowest BCUT2D eigenvalue weighted by Crippen LogP contribution is -2.12. The smallest absolute Gasteiger partial charge is 0.143 e. The number of rotatable bonds is 5. The molecule has 0 unspecified atom stereocenters. The van der Waals surface area contributed by atoms with Crippen LogP contribution in [0.2, 0.25) is 0 Å². The molecule has 0 saturated heterocycles. The van der Waals surface area contributed by atoms with Crippen LogP contribution in [0.15, 0.2) is 162 Å². The Balaban J connectivity index is 1.45. The standard InChI is InChI=1S/C44H35NO/c1-44(2,3)38-22-14-24-41-42(38)37-29-40(35-20-10-11-21-36(35)43(37)46-41)45(33-27-25-31(26-28-33)30-15-6-4-7-16-30)39-23-13-12-19-34(39)32-17-8-5-9-18-32/h4-29H,1-3H3. The highest BCUT2D eigenvalue weighted by Gasteiger charge is 2.25. The predicted octanol–water partition coefficient (Wildman–Crippen LogP) is 12.8. The topological polar surface area (TPSA) is 16.4 Å². The fraction of sp³-hybridized carbons (Fsp3) is 0.0909. The normalized spacial score (nSPS) is 11.8. The Morgan fingerprint density at radius 1 is 0.478 bits per heavy atom. The lowest BCUT2D eigenvalue weighted by Gasteiger charge is -2.29. The number of benzene rings is 7. The van der Waals surface area contributed by atoms with Crippen LogP contribution in [0.3, 0.4) is 0 Å². The Bertz CT molecular complexity index is 2330. The van der Waals surface area contributed by atoms with Gasteiger partial charge in [0, 0.05) is 32.8 Å².